The Labute approximate surface area is 362 Å². The van der Waals surface area contributed by atoms with Gasteiger partial charge in [0.2, 0.25) is 0 Å². The molecule has 0 unspecified atom stereocenters. The highest BCUT2D eigenvalue weighted by Gasteiger charge is 2.35. The van der Waals surface area contributed by atoms with E-state index in [1.165, 1.54) is 34.5 Å². The van der Waals surface area contributed by atoms with Crippen molar-refractivity contribution < 1.29 is 38.4 Å². The second kappa shape index (κ2) is 18.4. The van der Waals surface area contributed by atoms with E-state index in [2.05, 4.69) is 52.3 Å². The molecule has 3 aliphatic rings. The highest BCUT2D eigenvalue weighted by atomic mass is 32.1. The number of benzene rings is 1. The van der Waals surface area contributed by atoms with Gasteiger partial charge in [-0.15, -0.1) is 11.3 Å². The van der Waals surface area contributed by atoms with Crippen LogP contribution in [-0.4, -0.2) is 114 Å². The number of carbonyl (C=O) groups is 3. The molecule has 61 heavy (non-hydrogen) atoms. The number of anilines is 1. The summed E-state index contributed by atoms with van der Waals surface area (Å²) < 4.78 is 24.5. The summed E-state index contributed by atoms with van der Waals surface area (Å²) in [5, 5.41) is 18.6. The summed E-state index contributed by atoms with van der Waals surface area (Å²) in [6, 6.07) is 5.02. The number of amides is 2. The van der Waals surface area contributed by atoms with Crippen molar-refractivity contribution in [3.8, 4) is 22.5 Å². The van der Waals surface area contributed by atoms with E-state index in [0.717, 1.165) is 77.3 Å². The molecule has 6 heterocycles. The number of hydrazine groups is 1. The maximum atomic E-state index is 14.1. The number of nitrogens with zero attached hydrogens (tertiary/aromatic N) is 5. The van der Waals surface area contributed by atoms with Gasteiger partial charge in [0, 0.05) is 68.2 Å². The van der Waals surface area contributed by atoms with E-state index in [-0.39, 0.29) is 19.1 Å². The van der Waals surface area contributed by atoms with Crippen LogP contribution in [0.2, 0.25) is 0 Å². The first kappa shape index (κ1) is 44.4. The van der Waals surface area contributed by atoms with Crippen LogP contribution < -0.4 is 15.6 Å². The van der Waals surface area contributed by atoms with Crippen LogP contribution in [0, 0.1) is 5.41 Å². The van der Waals surface area contributed by atoms with E-state index < -0.39 is 41.1 Å². The third-order valence-corrected chi connectivity index (χ3v) is 12.5. The van der Waals surface area contributed by atoms with Gasteiger partial charge < -0.3 is 38.8 Å². The molecule has 0 spiro atoms. The van der Waals surface area contributed by atoms with Gasteiger partial charge in [-0.2, -0.15) is 0 Å². The molecule has 0 saturated carbocycles. The van der Waals surface area contributed by atoms with Gasteiger partial charge in [0.05, 0.1) is 65.9 Å². The Morgan fingerprint density at radius 1 is 1.07 bits per heavy atom. The minimum atomic E-state index is -1.02. The summed E-state index contributed by atoms with van der Waals surface area (Å²) in [7, 11) is 3.03. The normalized spacial score (nSPS) is 18.2. The van der Waals surface area contributed by atoms with Crippen molar-refractivity contribution in [2.24, 2.45) is 5.41 Å². The number of rotatable bonds is 13. The smallest absolute Gasteiger partial charge is 0.408 e. The number of esters is 1. The van der Waals surface area contributed by atoms with Crippen LogP contribution in [0.15, 0.2) is 29.8 Å². The minimum Gasteiger partial charge on any atom is -0.468 e. The van der Waals surface area contributed by atoms with Gasteiger partial charge in [0.1, 0.15) is 17.7 Å². The van der Waals surface area contributed by atoms with E-state index in [1.807, 2.05) is 18.5 Å². The van der Waals surface area contributed by atoms with Gasteiger partial charge in [-0.05, 0) is 94.5 Å². The molecule has 16 heteroatoms. The maximum Gasteiger partial charge on any atom is 0.408 e. The number of pyridine rings is 1. The SMILES string of the molecule is COC(=O)[C@@H]1CCCN(C(=O)[C@H](Cc2nc(-c3cc4c5c(c3)c(CC(C)(C)CO)c(-c3cc(N6CCOCC6)cnc3[C@H](C)OC)n5CCC4)cs2)NC(=O)OC(C)(C)C)N1. The van der Waals surface area contributed by atoms with Crippen LogP contribution in [0.25, 0.3) is 33.4 Å². The molecule has 0 radical (unpaired) electrons. The molecule has 7 rings (SSSR count). The van der Waals surface area contributed by atoms with Gasteiger partial charge in [-0.25, -0.2) is 15.2 Å². The fourth-order valence-corrected chi connectivity index (χ4v) is 9.40. The Hall–Kier alpha value is -4.61. The van der Waals surface area contributed by atoms with E-state index in [9.17, 15) is 19.5 Å². The standard InChI is InChI=1S/C45H61N7O8S/c1-27(57-7)38-32(21-30(24-46-38)50-15-17-59-18-16-50)40-33(23-45(5,6)26-53)31-20-29(19-28-11-9-13-51(40)39(28)31)36-25-61-37(47-36)22-35(48-43(56)60-44(2,3)4)41(54)52-14-10-12-34(49-52)42(55)58-8/h19-21,24-25,27,34-35,49,53H,9-18,22-23,26H2,1-8H3,(H,48,56)/t27-,34-,35-/m0/s1. The molecule has 3 aromatic heterocycles. The number of carbonyl (C=O) groups excluding carboxylic acids is 3. The van der Waals surface area contributed by atoms with Gasteiger partial charge in [0.25, 0.3) is 5.91 Å². The topological polar surface area (TPSA) is 170 Å². The highest BCUT2D eigenvalue weighted by molar-refractivity contribution is 7.10. The van der Waals surface area contributed by atoms with E-state index in [0.29, 0.717) is 44.0 Å². The van der Waals surface area contributed by atoms with Gasteiger partial charge in [0.15, 0.2) is 0 Å². The maximum absolute atomic E-state index is 14.1. The number of hydrogen-bond donors (Lipinski definition) is 3. The Morgan fingerprint density at radius 2 is 1.84 bits per heavy atom. The van der Waals surface area contributed by atoms with Crippen LogP contribution in [0.5, 0.6) is 0 Å². The van der Waals surface area contributed by atoms with Crippen molar-refractivity contribution in [1.82, 2.24) is 30.3 Å². The monoisotopic (exact) mass is 859 g/mol. The number of morpholine rings is 1. The molecule has 2 saturated heterocycles. The number of aryl methyl sites for hydroxylation is 2. The number of hydrogen-bond acceptors (Lipinski definition) is 13. The van der Waals surface area contributed by atoms with Gasteiger partial charge in [-0.3, -0.25) is 19.6 Å². The second-order valence-corrected chi connectivity index (χ2v) is 19.0. The average Bonchev–Trinajstić information content (AvgIpc) is 3.84. The summed E-state index contributed by atoms with van der Waals surface area (Å²) >= 11 is 1.42. The Bertz CT molecular complexity index is 2240. The zero-order chi connectivity index (χ0) is 43.6. The number of ether oxygens (including phenoxy) is 4. The van der Waals surface area contributed by atoms with Crippen molar-refractivity contribution in [2.45, 2.75) is 110 Å². The summed E-state index contributed by atoms with van der Waals surface area (Å²) in [5.41, 5.74) is 11.1. The fourth-order valence-electron chi connectivity index (χ4n) is 8.55. The lowest BCUT2D eigenvalue weighted by molar-refractivity contribution is -0.150. The summed E-state index contributed by atoms with van der Waals surface area (Å²) in [5.74, 6) is -0.857. The van der Waals surface area contributed by atoms with Crippen molar-refractivity contribution in [2.75, 3.05) is 58.6 Å². The molecule has 2 amide bonds. The van der Waals surface area contributed by atoms with Crippen LogP contribution >= 0.6 is 11.3 Å². The molecular formula is C45H61N7O8S. The van der Waals surface area contributed by atoms with Crippen LogP contribution in [0.3, 0.4) is 0 Å². The molecule has 4 aromatic rings. The van der Waals surface area contributed by atoms with Gasteiger partial charge >= 0.3 is 12.1 Å². The first-order valence-corrected chi connectivity index (χ1v) is 22.2. The largest absolute Gasteiger partial charge is 0.468 e. The first-order valence-electron chi connectivity index (χ1n) is 21.3. The lowest BCUT2D eigenvalue weighted by atomic mass is 9.84. The highest BCUT2D eigenvalue weighted by Crippen LogP contribution is 2.45. The predicted molar refractivity (Wildman–Crippen MR) is 234 cm³/mol. The number of aliphatic hydroxyl groups is 1. The number of nitrogens with one attached hydrogen (secondary N) is 2. The predicted octanol–water partition coefficient (Wildman–Crippen LogP) is 5.98. The summed E-state index contributed by atoms with van der Waals surface area (Å²) in [6.45, 7) is 15.6. The molecule has 0 aliphatic carbocycles. The lowest BCUT2D eigenvalue weighted by Gasteiger charge is -2.34. The number of aromatic nitrogens is 3. The van der Waals surface area contributed by atoms with Crippen molar-refractivity contribution in [1.29, 1.82) is 0 Å². The molecule has 330 valence electrons. The van der Waals surface area contributed by atoms with Crippen molar-refractivity contribution >= 4 is 45.9 Å². The van der Waals surface area contributed by atoms with E-state index in [1.54, 1.807) is 27.9 Å². The van der Waals surface area contributed by atoms with Crippen molar-refractivity contribution in [3.05, 3.63) is 51.6 Å². The average molecular weight is 860 g/mol. The minimum absolute atomic E-state index is 0.0159. The van der Waals surface area contributed by atoms with E-state index in [4.69, 9.17) is 28.9 Å². The van der Waals surface area contributed by atoms with Crippen LogP contribution in [0.4, 0.5) is 10.5 Å². The summed E-state index contributed by atoms with van der Waals surface area (Å²) in [4.78, 5) is 52.0. The first-order chi connectivity index (χ1) is 29.1. The second-order valence-electron chi connectivity index (χ2n) is 18.1. The van der Waals surface area contributed by atoms with Crippen molar-refractivity contribution in [3.63, 3.8) is 0 Å². The number of alkyl carbamates (subject to hydrolysis) is 1. The quantitative estimate of drug-likeness (QED) is 0.135. The number of thiazole rings is 1. The van der Waals surface area contributed by atoms with E-state index >= 15 is 0 Å². The van der Waals surface area contributed by atoms with Crippen LogP contribution in [-0.2, 0) is 54.3 Å². The zero-order valence-corrected chi connectivity index (χ0v) is 37.6. The number of methoxy groups -OCH3 is 2. The fraction of sp³-hybridized carbons (Fsp3) is 0.578. The summed E-state index contributed by atoms with van der Waals surface area (Å²) in [6.07, 6.45) is 4.67. The molecular weight excluding hydrogens is 799 g/mol. The molecule has 15 nitrogen and oxygen atoms in total. The Kier molecular flexibility index (Phi) is 13.4. The lowest BCUT2D eigenvalue weighted by Crippen LogP contribution is -2.60. The molecule has 0 bridgehead atoms. The molecule has 2 fully saturated rings. The molecule has 3 atom stereocenters. The zero-order valence-electron chi connectivity index (χ0n) is 36.8. The molecule has 3 N–H and O–H groups in total. The van der Waals surface area contributed by atoms with Crippen LogP contribution in [0.1, 0.15) is 88.7 Å². The van der Waals surface area contributed by atoms with Gasteiger partial charge in [-0.1, -0.05) is 13.8 Å². The molecule has 1 aromatic carbocycles. The Balaban J connectivity index is 1.29. The Morgan fingerprint density at radius 3 is 2.54 bits per heavy atom. The third-order valence-electron chi connectivity index (χ3n) is 11.7. The third kappa shape index (κ3) is 9.88. The number of aliphatic hydroxyl groups excluding tert-OH is 1. The molecule has 3 aliphatic heterocycles.